The smallest absolute Gasteiger partial charge is 0.336 e. The van der Waals surface area contributed by atoms with E-state index in [4.69, 9.17) is 4.55 Å². The number of guanidine groups is 1. The predicted molar refractivity (Wildman–Crippen MR) is 115 cm³/mol. The van der Waals surface area contributed by atoms with E-state index in [1.807, 2.05) is 13.8 Å². The van der Waals surface area contributed by atoms with E-state index in [1.165, 1.54) is 18.3 Å². The Morgan fingerprint density at radius 2 is 2.03 bits per heavy atom. The maximum absolute atomic E-state index is 12.5. The zero-order valence-corrected chi connectivity index (χ0v) is 17.3. The van der Waals surface area contributed by atoms with E-state index in [-0.39, 0.29) is 23.9 Å². The monoisotopic (exact) mass is 432 g/mol. The van der Waals surface area contributed by atoms with Crippen LogP contribution in [0.4, 0.5) is 18.9 Å². The minimum absolute atomic E-state index is 0.116. The number of rotatable bonds is 7. The van der Waals surface area contributed by atoms with Crippen LogP contribution >= 0.6 is 12.2 Å². The second-order valence-corrected chi connectivity index (χ2v) is 4.95. The van der Waals surface area contributed by atoms with Crippen molar-refractivity contribution in [2.45, 2.75) is 33.4 Å². The lowest BCUT2D eigenvalue weighted by molar-refractivity contribution is -0.137. The first-order valence-corrected chi connectivity index (χ1v) is 9.31. The van der Waals surface area contributed by atoms with Gasteiger partial charge in [0.1, 0.15) is 12.2 Å². The summed E-state index contributed by atoms with van der Waals surface area (Å²) in [7, 11) is 0. The molecule has 0 aliphatic heterocycles. The van der Waals surface area contributed by atoms with Crippen molar-refractivity contribution in [3.8, 4) is 0 Å². The highest BCUT2D eigenvalue weighted by Gasteiger charge is 2.30. The molecule has 0 bridgehead atoms. The molecule has 1 aromatic rings. The number of nitrogens with one attached hydrogen (secondary N) is 3. The molecule has 0 atom stereocenters. The number of anilines is 1. The minimum Gasteiger partial charge on any atom is -0.336 e. The van der Waals surface area contributed by atoms with Gasteiger partial charge in [0.25, 0.3) is 0 Å². The second kappa shape index (κ2) is 18.6. The highest BCUT2D eigenvalue weighted by atomic mass is 32.2. The third-order valence-electron chi connectivity index (χ3n) is 2.53. The highest BCUT2D eigenvalue weighted by Crippen LogP contribution is 2.30. The molecule has 6 nitrogen and oxygen atoms in total. The zero-order valence-electron chi connectivity index (χ0n) is 16.5. The van der Waals surface area contributed by atoms with Gasteiger partial charge >= 0.3 is 6.18 Å². The van der Waals surface area contributed by atoms with Crippen LogP contribution in [-0.4, -0.2) is 16.9 Å². The van der Waals surface area contributed by atoms with Gasteiger partial charge in [-0.2, -0.15) is 13.2 Å². The summed E-state index contributed by atoms with van der Waals surface area (Å²) < 4.78 is 48.7. The van der Waals surface area contributed by atoms with Crippen molar-refractivity contribution in [3.05, 3.63) is 67.0 Å². The van der Waals surface area contributed by atoms with Crippen molar-refractivity contribution in [2.24, 2.45) is 4.99 Å². The Labute approximate surface area is 174 Å². The number of halogens is 3. The molecule has 1 aromatic carbocycles. The number of allylic oxidation sites excluding steroid dienone is 3. The van der Waals surface area contributed by atoms with Crippen molar-refractivity contribution >= 4 is 30.3 Å². The Morgan fingerprint density at radius 3 is 2.55 bits per heavy atom. The third-order valence-corrected chi connectivity index (χ3v) is 2.82. The summed E-state index contributed by atoms with van der Waals surface area (Å²) in [6, 6.07) is 4.67. The number of carbonyl (C=O) groups excluding carboxylic acids is 1. The van der Waals surface area contributed by atoms with E-state index in [1.54, 1.807) is 31.4 Å². The lowest BCUT2D eigenvalue weighted by Gasteiger charge is -2.11. The molecule has 0 unspecified atom stereocenters. The summed E-state index contributed by atoms with van der Waals surface area (Å²) in [6.45, 7) is 9.22. The van der Waals surface area contributed by atoms with E-state index in [9.17, 15) is 18.0 Å². The van der Waals surface area contributed by atoms with E-state index in [0.717, 1.165) is 18.6 Å². The number of hydrogen-bond acceptors (Lipinski definition) is 4. The minimum atomic E-state index is -4.41. The Hall–Kier alpha value is -2.72. The van der Waals surface area contributed by atoms with E-state index < -0.39 is 11.7 Å². The fraction of sp³-hybridized carbons (Fsp3) is 0.263. The van der Waals surface area contributed by atoms with Gasteiger partial charge in [-0.1, -0.05) is 38.1 Å². The Bertz CT molecular complexity index is 651. The summed E-state index contributed by atoms with van der Waals surface area (Å²) in [5.74, 6) is 0.116. The van der Waals surface area contributed by atoms with Crippen LogP contribution < -0.4 is 15.4 Å². The SMILES string of the molecule is C/C=C/N=C(NSO)Nc1cccc(C(F)(F)F)c1.C=CC/C=C/NC=O.CC. The molecule has 0 aliphatic carbocycles. The molecule has 0 saturated carbocycles. The zero-order chi connectivity index (χ0) is 22.5. The first kappa shape index (κ1) is 28.5. The van der Waals surface area contributed by atoms with Crippen LogP contribution in [0, 0.1) is 0 Å². The van der Waals surface area contributed by atoms with Gasteiger partial charge in [-0.15, -0.1) is 6.58 Å². The second-order valence-electron chi connectivity index (χ2n) is 4.57. The average Bonchev–Trinajstić information content (AvgIpc) is 2.71. The maximum atomic E-state index is 12.5. The molecule has 0 aromatic heterocycles. The van der Waals surface area contributed by atoms with Crippen molar-refractivity contribution in [3.63, 3.8) is 0 Å². The molecule has 0 heterocycles. The molecule has 0 radical (unpaired) electrons. The van der Waals surface area contributed by atoms with Crippen LogP contribution in [0.3, 0.4) is 0 Å². The number of alkyl halides is 3. The van der Waals surface area contributed by atoms with Crippen LogP contribution in [0.15, 0.2) is 66.5 Å². The molecule has 29 heavy (non-hydrogen) atoms. The molecule has 0 aliphatic rings. The molecular formula is C19H27F3N4O2S. The van der Waals surface area contributed by atoms with Crippen LogP contribution in [0.1, 0.15) is 32.8 Å². The summed E-state index contributed by atoms with van der Waals surface area (Å²) in [4.78, 5) is 13.5. The van der Waals surface area contributed by atoms with Gasteiger partial charge in [0.2, 0.25) is 12.4 Å². The molecule has 0 spiro atoms. The topological polar surface area (TPSA) is 85.8 Å². The fourth-order valence-corrected chi connectivity index (χ4v) is 1.65. The highest BCUT2D eigenvalue weighted by molar-refractivity contribution is 7.92. The van der Waals surface area contributed by atoms with E-state index in [2.05, 4.69) is 26.9 Å². The molecule has 10 heteroatoms. The quantitative estimate of drug-likeness (QED) is 0.113. The van der Waals surface area contributed by atoms with Crippen molar-refractivity contribution in [1.82, 2.24) is 10.0 Å². The van der Waals surface area contributed by atoms with Crippen molar-refractivity contribution in [2.75, 3.05) is 5.32 Å². The van der Waals surface area contributed by atoms with Crippen molar-refractivity contribution < 1.29 is 22.5 Å². The predicted octanol–water partition coefficient (Wildman–Crippen LogP) is 5.57. The number of hydrogen-bond donors (Lipinski definition) is 4. The lowest BCUT2D eigenvalue weighted by Crippen LogP contribution is -2.24. The Balaban J connectivity index is 0. The molecular weight excluding hydrogens is 405 g/mol. The number of carbonyl (C=O) groups is 1. The molecule has 1 amide bonds. The summed E-state index contributed by atoms with van der Waals surface area (Å²) in [5.41, 5.74) is -0.556. The van der Waals surface area contributed by atoms with Gasteiger partial charge in [-0.25, -0.2) is 4.99 Å². The Kier molecular flexibility index (Phi) is 18.3. The van der Waals surface area contributed by atoms with Crippen LogP contribution in [0.5, 0.6) is 0 Å². The van der Waals surface area contributed by atoms with Crippen molar-refractivity contribution in [1.29, 1.82) is 0 Å². The average molecular weight is 433 g/mol. The number of aliphatic imine (C=N–C) groups is 1. The molecule has 1 rings (SSSR count). The first-order chi connectivity index (χ1) is 13.9. The summed E-state index contributed by atoms with van der Waals surface area (Å²) in [6.07, 6.45) is 5.22. The molecule has 162 valence electrons. The number of benzene rings is 1. The third kappa shape index (κ3) is 16.0. The molecule has 0 saturated heterocycles. The van der Waals surface area contributed by atoms with Gasteiger partial charge in [-0.05, 0) is 37.7 Å². The van der Waals surface area contributed by atoms with Gasteiger partial charge in [-0.3, -0.25) is 9.52 Å². The van der Waals surface area contributed by atoms with Crippen LogP contribution in [0.25, 0.3) is 0 Å². The molecule has 4 N–H and O–H groups in total. The largest absolute Gasteiger partial charge is 0.416 e. The van der Waals surface area contributed by atoms with Crippen LogP contribution in [-0.2, 0) is 11.0 Å². The normalized spacial score (nSPS) is 11.1. The van der Waals surface area contributed by atoms with Gasteiger partial charge in [0, 0.05) is 11.9 Å². The standard InChI is InChI=1S/C11H12F3N3OS.C6H9NO.C2H6/c1-2-6-15-10(17-19-18)16-9-5-3-4-8(7-9)11(12,13)14;1-2-3-4-5-7-6-8;1-2/h2-7,18H,1H3,(H2,15,16,17);2,4-6H,1,3H2,(H,7,8);1-2H3/b6-2+;5-4+;. The van der Waals surface area contributed by atoms with E-state index in [0.29, 0.717) is 6.41 Å². The summed E-state index contributed by atoms with van der Waals surface area (Å²) >= 11 is 0.290. The first-order valence-electron chi connectivity index (χ1n) is 8.54. The maximum Gasteiger partial charge on any atom is 0.416 e. The number of nitrogens with zero attached hydrogens (tertiary/aromatic N) is 1. The fourth-order valence-electron chi connectivity index (χ4n) is 1.46. The number of amides is 1. The van der Waals surface area contributed by atoms with Gasteiger partial charge in [0.15, 0.2) is 0 Å². The van der Waals surface area contributed by atoms with Gasteiger partial charge in [0.05, 0.1) is 5.56 Å². The molecule has 0 fully saturated rings. The van der Waals surface area contributed by atoms with Gasteiger partial charge < -0.3 is 15.2 Å². The Morgan fingerprint density at radius 1 is 1.34 bits per heavy atom. The van der Waals surface area contributed by atoms with Crippen LogP contribution in [0.2, 0.25) is 0 Å². The van der Waals surface area contributed by atoms with E-state index >= 15 is 0 Å². The summed E-state index contributed by atoms with van der Waals surface area (Å²) in [5, 5.41) is 5.01. The lowest BCUT2D eigenvalue weighted by atomic mass is 10.2.